The first-order valence-electron chi connectivity index (χ1n) is 10.5. The van der Waals surface area contributed by atoms with Crippen LogP contribution in [0.25, 0.3) is 0 Å². The molecule has 1 aromatic carbocycles. The fourth-order valence-corrected chi connectivity index (χ4v) is 3.03. The molecule has 1 unspecified atom stereocenters. The topological polar surface area (TPSA) is 124 Å². The lowest BCUT2D eigenvalue weighted by molar-refractivity contribution is -0.138. The lowest BCUT2D eigenvalue weighted by atomic mass is 10.0. The predicted molar refractivity (Wildman–Crippen MR) is 113 cm³/mol. The van der Waals surface area contributed by atoms with Gasteiger partial charge in [0.15, 0.2) is 0 Å². The summed E-state index contributed by atoms with van der Waals surface area (Å²) in [7, 11) is 0. The molecule has 2 amide bonds. The fourth-order valence-electron chi connectivity index (χ4n) is 3.03. The van der Waals surface area contributed by atoms with Crippen molar-refractivity contribution in [2.24, 2.45) is 5.92 Å². The Balaban J connectivity index is 0.000000314. The van der Waals surface area contributed by atoms with Crippen LogP contribution in [0.3, 0.4) is 0 Å². The van der Waals surface area contributed by atoms with Gasteiger partial charge < -0.3 is 10.2 Å². The number of anilines is 1. The number of hydrogen-bond acceptors (Lipinski definition) is 4. The molecule has 166 valence electrons. The van der Waals surface area contributed by atoms with E-state index in [9.17, 15) is 19.2 Å². The molecule has 1 atom stereocenters. The molecule has 8 heteroatoms. The number of unbranched alkanes of at least 4 members (excludes halogenated alkanes) is 5. The molecular formula is C22H32N2O6. The Labute approximate surface area is 177 Å². The van der Waals surface area contributed by atoms with Crippen molar-refractivity contribution in [2.75, 3.05) is 5.01 Å². The molecule has 0 spiro atoms. The lowest BCUT2D eigenvalue weighted by Gasteiger charge is -2.14. The van der Waals surface area contributed by atoms with E-state index in [1.807, 2.05) is 25.1 Å². The monoisotopic (exact) mass is 420 g/mol. The second kappa shape index (κ2) is 14.1. The number of carboxylic acids is 2. The standard InChI is InChI=1S/C13H16N2O2.C9H16O4/c1-2-3-9-11-12(16)14-15(13(11)17)10-7-5-4-6-8-10;10-8(11)6-4-2-1-3-5-7-9(12)13/h4-8,11H,2-3,9H2,1H3,(H,14,16);1-7H2,(H,10,11)(H,12,13). The van der Waals surface area contributed by atoms with Crippen molar-refractivity contribution in [2.45, 2.75) is 71.1 Å². The molecule has 0 radical (unpaired) electrons. The van der Waals surface area contributed by atoms with E-state index in [1.54, 1.807) is 12.1 Å². The van der Waals surface area contributed by atoms with Crippen LogP contribution in [-0.4, -0.2) is 34.0 Å². The summed E-state index contributed by atoms with van der Waals surface area (Å²) in [5.41, 5.74) is 3.34. The molecule has 1 aliphatic rings. The summed E-state index contributed by atoms with van der Waals surface area (Å²) in [6.45, 7) is 2.05. The molecule has 1 heterocycles. The number of aliphatic carboxylic acids is 2. The quantitative estimate of drug-likeness (QED) is 0.349. The van der Waals surface area contributed by atoms with E-state index in [-0.39, 0.29) is 24.7 Å². The van der Waals surface area contributed by atoms with Gasteiger partial charge in [0, 0.05) is 12.8 Å². The minimum absolute atomic E-state index is 0.144. The Morgan fingerprint density at radius 2 is 1.43 bits per heavy atom. The first-order valence-corrected chi connectivity index (χ1v) is 10.5. The minimum atomic E-state index is -0.759. The summed E-state index contributed by atoms with van der Waals surface area (Å²) in [6.07, 6.45) is 7.04. The van der Waals surface area contributed by atoms with Crippen LogP contribution in [0.2, 0.25) is 0 Å². The zero-order chi connectivity index (χ0) is 22.4. The van der Waals surface area contributed by atoms with Gasteiger partial charge in [-0.3, -0.25) is 24.6 Å². The molecule has 1 aliphatic heterocycles. The van der Waals surface area contributed by atoms with E-state index in [4.69, 9.17) is 10.2 Å². The van der Waals surface area contributed by atoms with Crippen LogP contribution in [0.1, 0.15) is 71.1 Å². The van der Waals surface area contributed by atoms with E-state index in [0.29, 0.717) is 24.9 Å². The van der Waals surface area contributed by atoms with Crippen LogP contribution in [0.15, 0.2) is 30.3 Å². The van der Waals surface area contributed by atoms with Gasteiger partial charge >= 0.3 is 11.9 Å². The summed E-state index contributed by atoms with van der Waals surface area (Å²) in [5, 5.41) is 18.0. The highest BCUT2D eigenvalue weighted by molar-refractivity contribution is 6.14. The SMILES string of the molecule is CCCCC1C(=O)NN(c2ccccc2)C1=O.O=C(O)CCCCCCCC(=O)O. The summed E-state index contributed by atoms with van der Waals surface area (Å²) in [4.78, 5) is 44.0. The summed E-state index contributed by atoms with van der Waals surface area (Å²) in [5.74, 6) is -2.37. The highest BCUT2D eigenvalue weighted by Crippen LogP contribution is 2.22. The van der Waals surface area contributed by atoms with Gasteiger partial charge in [-0.1, -0.05) is 57.2 Å². The van der Waals surface area contributed by atoms with E-state index >= 15 is 0 Å². The summed E-state index contributed by atoms with van der Waals surface area (Å²) in [6, 6.07) is 9.17. The smallest absolute Gasteiger partial charge is 0.303 e. The Hall–Kier alpha value is -2.90. The van der Waals surface area contributed by atoms with E-state index in [2.05, 4.69) is 5.43 Å². The molecule has 0 saturated carbocycles. The van der Waals surface area contributed by atoms with E-state index in [1.165, 1.54) is 5.01 Å². The number of benzene rings is 1. The Bertz CT molecular complexity index is 674. The number of carboxylic acid groups (broad SMARTS) is 2. The third-order valence-electron chi connectivity index (χ3n) is 4.70. The Morgan fingerprint density at radius 1 is 0.900 bits per heavy atom. The minimum Gasteiger partial charge on any atom is -0.481 e. The molecular weight excluding hydrogens is 388 g/mol. The van der Waals surface area contributed by atoms with Crippen molar-refractivity contribution < 1.29 is 29.4 Å². The third-order valence-corrected chi connectivity index (χ3v) is 4.70. The first kappa shape index (κ1) is 25.1. The maximum absolute atomic E-state index is 12.1. The van der Waals surface area contributed by atoms with Crippen molar-refractivity contribution in [3.63, 3.8) is 0 Å². The number of rotatable bonds is 12. The van der Waals surface area contributed by atoms with Gasteiger partial charge in [0.2, 0.25) is 0 Å². The number of nitrogens with zero attached hydrogens (tertiary/aromatic N) is 1. The average Bonchev–Trinajstić information content (AvgIpc) is 3.00. The van der Waals surface area contributed by atoms with Gasteiger partial charge in [-0.2, -0.15) is 0 Å². The molecule has 1 fully saturated rings. The van der Waals surface area contributed by atoms with Gasteiger partial charge in [0.05, 0.1) is 5.69 Å². The number of carbonyl (C=O) groups excluding carboxylic acids is 2. The predicted octanol–water partition coefficient (Wildman–Crippen LogP) is 3.76. The van der Waals surface area contributed by atoms with Crippen LogP contribution >= 0.6 is 0 Å². The highest BCUT2D eigenvalue weighted by atomic mass is 16.4. The largest absolute Gasteiger partial charge is 0.481 e. The number of para-hydroxylation sites is 1. The van der Waals surface area contributed by atoms with Crippen LogP contribution in [0, 0.1) is 5.92 Å². The van der Waals surface area contributed by atoms with Crippen molar-refractivity contribution >= 4 is 29.4 Å². The van der Waals surface area contributed by atoms with Crippen LogP contribution in [0.4, 0.5) is 5.69 Å². The van der Waals surface area contributed by atoms with Crippen molar-refractivity contribution in [1.82, 2.24) is 5.43 Å². The number of hydrogen-bond donors (Lipinski definition) is 3. The normalized spacial score (nSPS) is 15.4. The number of nitrogens with one attached hydrogen (secondary N) is 1. The maximum atomic E-state index is 12.1. The van der Waals surface area contributed by atoms with E-state index in [0.717, 1.165) is 32.1 Å². The first-order chi connectivity index (χ1) is 14.4. The molecule has 0 aliphatic carbocycles. The highest BCUT2D eigenvalue weighted by Gasteiger charge is 2.39. The van der Waals surface area contributed by atoms with Crippen molar-refractivity contribution in [3.8, 4) is 0 Å². The zero-order valence-electron chi connectivity index (χ0n) is 17.5. The van der Waals surface area contributed by atoms with Crippen molar-refractivity contribution in [1.29, 1.82) is 0 Å². The van der Waals surface area contributed by atoms with Gasteiger partial charge in [-0.05, 0) is 31.4 Å². The Kier molecular flexibility index (Phi) is 11.8. The maximum Gasteiger partial charge on any atom is 0.303 e. The third kappa shape index (κ3) is 9.54. The molecule has 0 bridgehead atoms. The molecule has 1 saturated heterocycles. The second-order valence-corrected chi connectivity index (χ2v) is 7.24. The lowest BCUT2D eigenvalue weighted by Crippen LogP contribution is -2.35. The molecule has 8 nitrogen and oxygen atoms in total. The van der Waals surface area contributed by atoms with Gasteiger partial charge in [-0.15, -0.1) is 0 Å². The molecule has 30 heavy (non-hydrogen) atoms. The van der Waals surface area contributed by atoms with Gasteiger partial charge in [0.1, 0.15) is 5.92 Å². The molecule has 3 N–H and O–H groups in total. The molecule has 0 aromatic heterocycles. The summed E-state index contributed by atoms with van der Waals surface area (Å²) >= 11 is 0. The van der Waals surface area contributed by atoms with Crippen molar-refractivity contribution in [3.05, 3.63) is 30.3 Å². The fraction of sp³-hybridized carbons (Fsp3) is 0.545. The van der Waals surface area contributed by atoms with Crippen LogP contribution < -0.4 is 10.4 Å². The van der Waals surface area contributed by atoms with E-state index < -0.39 is 17.9 Å². The number of hydrazine groups is 1. The van der Waals surface area contributed by atoms with Crippen LogP contribution in [0.5, 0.6) is 0 Å². The van der Waals surface area contributed by atoms with Gasteiger partial charge in [0.25, 0.3) is 11.8 Å². The second-order valence-electron chi connectivity index (χ2n) is 7.24. The van der Waals surface area contributed by atoms with Crippen LogP contribution in [-0.2, 0) is 19.2 Å². The number of amides is 2. The Morgan fingerprint density at radius 3 is 1.93 bits per heavy atom. The number of carbonyl (C=O) groups is 4. The summed E-state index contributed by atoms with van der Waals surface area (Å²) < 4.78 is 0. The van der Waals surface area contributed by atoms with Gasteiger partial charge in [-0.25, -0.2) is 5.01 Å². The molecule has 1 aromatic rings. The molecule has 2 rings (SSSR count). The zero-order valence-corrected chi connectivity index (χ0v) is 17.5. The average molecular weight is 421 g/mol.